The van der Waals surface area contributed by atoms with Crippen molar-refractivity contribution in [3.63, 3.8) is 0 Å². The number of aromatic nitrogens is 2. The molecular weight excluding hydrogens is 398 g/mol. The highest BCUT2D eigenvalue weighted by atomic mass is 79.9. The Bertz CT molecular complexity index is 620. The van der Waals surface area contributed by atoms with E-state index in [0.29, 0.717) is 19.7 Å². The molecule has 0 bridgehead atoms. The van der Waals surface area contributed by atoms with Gasteiger partial charge < -0.3 is 10.1 Å². The molecule has 0 amide bonds. The van der Waals surface area contributed by atoms with Crippen LogP contribution in [0.25, 0.3) is 0 Å². The molecule has 4 nitrogen and oxygen atoms in total. The van der Waals surface area contributed by atoms with Crippen molar-refractivity contribution in [3.05, 3.63) is 50.4 Å². The van der Waals surface area contributed by atoms with Gasteiger partial charge in [0.2, 0.25) is 0 Å². The fraction of sp³-hybridized carbons (Fsp3) is 0.333. The van der Waals surface area contributed by atoms with Gasteiger partial charge in [0.05, 0.1) is 16.8 Å². The van der Waals surface area contributed by atoms with Crippen molar-refractivity contribution in [3.8, 4) is 5.75 Å². The molecule has 1 heterocycles. The zero-order chi connectivity index (χ0) is 15.2. The van der Waals surface area contributed by atoms with Crippen LogP contribution in [0.1, 0.15) is 24.0 Å². The molecule has 0 aliphatic rings. The molecule has 2 aromatic rings. The molecule has 0 saturated carbocycles. The van der Waals surface area contributed by atoms with Gasteiger partial charge in [-0.05, 0) is 48.0 Å². The summed E-state index contributed by atoms with van der Waals surface area (Å²) in [5, 5.41) is 3.39. The second-order valence-electron chi connectivity index (χ2n) is 4.51. The van der Waals surface area contributed by atoms with E-state index in [9.17, 15) is 0 Å². The molecule has 6 heteroatoms. The van der Waals surface area contributed by atoms with Crippen LogP contribution in [0, 0.1) is 6.92 Å². The smallest absolute Gasteiger partial charge is 0.138 e. The average molecular weight is 415 g/mol. The van der Waals surface area contributed by atoms with Gasteiger partial charge in [0.15, 0.2) is 0 Å². The molecule has 0 aliphatic carbocycles. The maximum atomic E-state index is 5.71. The van der Waals surface area contributed by atoms with Crippen molar-refractivity contribution >= 4 is 31.9 Å². The van der Waals surface area contributed by atoms with Gasteiger partial charge in [-0.1, -0.05) is 15.9 Å². The average Bonchev–Trinajstić information content (AvgIpc) is 2.42. The van der Waals surface area contributed by atoms with Crippen LogP contribution in [-0.4, -0.2) is 16.6 Å². The molecule has 0 fully saturated rings. The number of ether oxygens (including phenoxy) is 1. The third-order valence-corrected chi connectivity index (χ3v) is 3.88. The first-order valence-corrected chi connectivity index (χ1v) is 8.28. The standard InChI is InChI=1S/C15H17Br2N3O/c1-3-21-15-11(6-12(16)7-14(15)17)8-18-9-13-4-5-19-10(2)20-13/h4-7,18H,3,8-9H2,1-2H3. The van der Waals surface area contributed by atoms with Gasteiger partial charge in [-0.2, -0.15) is 0 Å². The van der Waals surface area contributed by atoms with Gasteiger partial charge >= 0.3 is 0 Å². The van der Waals surface area contributed by atoms with Crippen LogP contribution in [0.5, 0.6) is 5.75 Å². The Hall–Kier alpha value is -0.980. The lowest BCUT2D eigenvalue weighted by Crippen LogP contribution is -2.15. The van der Waals surface area contributed by atoms with Gasteiger partial charge in [0.25, 0.3) is 0 Å². The van der Waals surface area contributed by atoms with Crippen molar-refractivity contribution in [1.29, 1.82) is 0 Å². The van der Waals surface area contributed by atoms with E-state index in [2.05, 4.69) is 53.2 Å². The van der Waals surface area contributed by atoms with Gasteiger partial charge in [0.1, 0.15) is 11.6 Å². The Morgan fingerprint density at radius 1 is 1.24 bits per heavy atom. The summed E-state index contributed by atoms with van der Waals surface area (Å²) in [4.78, 5) is 8.47. The minimum Gasteiger partial charge on any atom is -0.492 e. The van der Waals surface area contributed by atoms with Crippen LogP contribution in [0.4, 0.5) is 0 Å². The number of nitrogens with one attached hydrogen (secondary N) is 1. The summed E-state index contributed by atoms with van der Waals surface area (Å²) in [6.45, 7) is 5.91. The molecular formula is C15H17Br2N3O. The SMILES string of the molecule is CCOc1c(Br)cc(Br)cc1CNCc1ccnc(C)n1. The lowest BCUT2D eigenvalue weighted by molar-refractivity contribution is 0.333. The van der Waals surface area contributed by atoms with E-state index in [4.69, 9.17) is 4.74 Å². The predicted octanol–water partition coefficient (Wildman–Crippen LogP) is 4.00. The van der Waals surface area contributed by atoms with E-state index in [0.717, 1.165) is 31.8 Å². The molecule has 0 aliphatic heterocycles. The molecule has 112 valence electrons. The molecule has 1 aromatic carbocycles. The monoisotopic (exact) mass is 413 g/mol. The number of halogens is 2. The molecule has 1 aromatic heterocycles. The summed E-state index contributed by atoms with van der Waals surface area (Å²) in [7, 11) is 0. The zero-order valence-corrected chi connectivity index (χ0v) is 15.2. The Morgan fingerprint density at radius 2 is 2.05 bits per heavy atom. The third kappa shape index (κ3) is 4.76. The van der Waals surface area contributed by atoms with Crippen molar-refractivity contribution in [2.24, 2.45) is 0 Å². The number of nitrogens with zero attached hydrogens (tertiary/aromatic N) is 2. The van der Waals surface area contributed by atoms with Gasteiger partial charge in [-0.3, -0.25) is 0 Å². The molecule has 0 saturated heterocycles. The van der Waals surface area contributed by atoms with E-state index in [1.165, 1.54) is 0 Å². The van der Waals surface area contributed by atoms with Crippen molar-refractivity contribution in [2.45, 2.75) is 26.9 Å². The topological polar surface area (TPSA) is 47.0 Å². The molecule has 0 spiro atoms. The first kappa shape index (κ1) is 16.4. The van der Waals surface area contributed by atoms with E-state index in [-0.39, 0.29) is 0 Å². The maximum absolute atomic E-state index is 5.71. The van der Waals surface area contributed by atoms with Crippen LogP contribution >= 0.6 is 31.9 Å². The van der Waals surface area contributed by atoms with E-state index < -0.39 is 0 Å². The molecule has 0 unspecified atom stereocenters. The largest absolute Gasteiger partial charge is 0.492 e. The molecule has 0 radical (unpaired) electrons. The molecule has 21 heavy (non-hydrogen) atoms. The highest BCUT2D eigenvalue weighted by molar-refractivity contribution is 9.11. The first-order chi connectivity index (χ1) is 10.1. The summed E-state index contributed by atoms with van der Waals surface area (Å²) >= 11 is 7.05. The Balaban J connectivity index is 2.05. The highest BCUT2D eigenvalue weighted by Crippen LogP contribution is 2.33. The second-order valence-corrected chi connectivity index (χ2v) is 6.28. The van der Waals surface area contributed by atoms with Crippen LogP contribution in [-0.2, 0) is 13.1 Å². The molecule has 1 N–H and O–H groups in total. The summed E-state index contributed by atoms with van der Waals surface area (Å²) < 4.78 is 7.68. The number of hydrogen-bond donors (Lipinski definition) is 1. The minimum absolute atomic E-state index is 0.637. The molecule has 0 atom stereocenters. The Labute approximate surface area is 141 Å². The quantitative estimate of drug-likeness (QED) is 0.775. The van der Waals surface area contributed by atoms with E-state index in [1.807, 2.05) is 26.0 Å². The lowest BCUT2D eigenvalue weighted by atomic mass is 10.2. The van der Waals surface area contributed by atoms with Crippen molar-refractivity contribution in [1.82, 2.24) is 15.3 Å². The van der Waals surface area contributed by atoms with Crippen LogP contribution in [0.15, 0.2) is 33.3 Å². The van der Waals surface area contributed by atoms with Crippen molar-refractivity contribution in [2.75, 3.05) is 6.61 Å². The van der Waals surface area contributed by atoms with Crippen LogP contribution in [0.2, 0.25) is 0 Å². The maximum Gasteiger partial charge on any atom is 0.138 e. The van der Waals surface area contributed by atoms with Gasteiger partial charge in [-0.25, -0.2) is 9.97 Å². The number of hydrogen-bond acceptors (Lipinski definition) is 4. The fourth-order valence-corrected chi connectivity index (χ4v) is 3.41. The Morgan fingerprint density at radius 3 is 2.76 bits per heavy atom. The zero-order valence-electron chi connectivity index (χ0n) is 12.0. The number of rotatable bonds is 6. The Kier molecular flexibility index (Phi) is 6.14. The van der Waals surface area contributed by atoms with Gasteiger partial charge in [0, 0.05) is 29.3 Å². The number of aryl methyl sites for hydroxylation is 1. The summed E-state index contributed by atoms with van der Waals surface area (Å²) in [5.74, 6) is 1.67. The van der Waals surface area contributed by atoms with Crippen molar-refractivity contribution < 1.29 is 4.74 Å². The predicted molar refractivity (Wildman–Crippen MR) is 90.3 cm³/mol. The highest BCUT2D eigenvalue weighted by Gasteiger charge is 2.09. The second kappa shape index (κ2) is 7.87. The first-order valence-electron chi connectivity index (χ1n) is 6.70. The number of benzene rings is 1. The summed E-state index contributed by atoms with van der Waals surface area (Å²) in [5.41, 5.74) is 2.08. The normalized spacial score (nSPS) is 10.7. The lowest BCUT2D eigenvalue weighted by Gasteiger charge is -2.13. The van der Waals surface area contributed by atoms with E-state index >= 15 is 0 Å². The van der Waals surface area contributed by atoms with Crippen LogP contribution < -0.4 is 10.1 Å². The van der Waals surface area contributed by atoms with E-state index in [1.54, 1.807) is 6.20 Å². The molecule has 2 rings (SSSR count). The summed E-state index contributed by atoms with van der Waals surface area (Å²) in [6.07, 6.45) is 1.78. The van der Waals surface area contributed by atoms with Gasteiger partial charge in [-0.15, -0.1) is 0 Å². The minimum atomic E-state index is 0.637. The van der Waals surface area contributed by atoms with Crippen LogP contribution in [0.3, 0.4) is 0 Å². The fourth-order valence-electron chi connectivity index (χ4n) is 1.98. The summed E-state index contributed by atoms with van der Waals surface area (Å²) in [6, 6.07) is 5.97. The third-order valence-electron chi connectivity index (χ3n) is 2.83.